The predicted molar refractivity (Wildman–Crippen MR) is 99.9 cm³/mol. The number of sulfonamides is 1. The molecule has 2 amide bonds. The van der Waals surface area contributed by atoms with Crippen LogP contribution in [0.25, 0.3) is 0 Å². The van der Waals surface area contributed by atoms with E-state index in [2.05, 4.69) is 5.32 Å². The maximum Gasteiger partial charge on any atom is 0.257 e. The molecule has 0 bridgehead atoms. The summed E-state index contributed by atoms with van der Waals surface area (Å²) >= 11 is 5.79. The van der Waals surface area contributed by atoms with E-state index in [1.807, 2.05) is 17.2 Å². The largest absolute Gasteiger partial charge is 0.494 e. The lowest BCUT2D eigenvalue weighted by Gasteiger charge is -2.10. The Morgan fingerprint density at radius 1 is 1.11 bits per heavy atom. The van der Waals surface area contributed by atoms with Gasteiger partial charge >= 0.3 is 0 Å². The van der Waals surface area contributed by atoms with E-state index in [0.29, 0.717) is 17.4 Å². The molecule has 10 heteroatoms. The number of carbonyl (C=O) groups is 2. The van der Waals surface area contributed by atoms with Crippen molar-refractivity contribution in [3.63, 3.8) is 0 Å². The second kappa shape index (κ2) is 9.36. The molecule has 2 rings (SSSR count). The van der Waals surface area contributed by atoms with Crippen molar-refractivity contribution in [3.05, 3.63) is 59.1 Å². The van der Waals surface area contributed by atoms with E-state index >= 15 is 0 Å². The van der Waals surface area contributed by atoms with E-state index in [-0.39, 0.29) is 10.5 Å². The number of amides is 2. The smallest absolute Gasteiger partial charge is 0.257 e. The van der Waals surface area contributed by atoms with Gasteiger partial charge in [-0.15, -0.1) is 4.83 Å². The Hall–Kier alpha value is -2.62. The van der Waals surface area contributed by atoms with E-state index in [9.17, 15) is 18.0 Å². The van der Waals surface area contributed by atoms with Crippen molar-refractivity contribution in [2.75, 3.05) is 13.2 Å². The van der Waals surface area contributed by atoms with Gasteiger partial charge in [0.1, 0.15) is 5.75 Å². The van der Waals surface area contributed by atoms with Crippen molar-refractivity contribution in [1.82, 2.24) is 15.6 Å². The number of hydrogen-bond donors (Lipinski definition) is 3. The fourth-order valence-electron chi connectivity index (χ4n) is 2.00. The van der Waals surface area contributed by atoms with Crippen LogP contribution in [0.4, 0.5) is 0 Å². The molecule has 0 aromatic heterocycles. The molecule has 27 heavy (non-hydrogen) atoms. The highest BCUT2D eigenvalue weighted by atomic mass is 35.5. The molecule has 144 valence electrons. The number of halogens is 1. The van der Waals surface area contributed by atoms with Gasteiger partial charge in [0.15, 0.2) is 0 Å². The Morgan fingerprint density at radius 2 is 1.81 bits per heavy atom. The summed E-state index contributed by atoms with van der Waals surface area (Å²) in [5, 5.41) is 2.75. The van der Waals surface area contributed by atoms with Gasteiger partial charge in [0.2, 0.25) is 0 Å². The maximum absolute atomic E-state index is 12.1. The lowest BCUT2D eigenvalue weighted by molar-refractivity contribution is -0.120. The number of ether oxygens (including phenoxy) is 1. The van der Waals surface area contributed by atoms with Crippen molar-refractivity contribution in [3.8, 4) is 5.75 Å². The Balaban J connectivity index is 1.86. The number of hydrogen-bond acceptors (Lipinski definition) is 5. The number of nitrogens with one attached hydrogen (secondary N) is 3. The van der Waals surface area contributed by atoms with Gasteiger partial charge in [-0.25, -0.2) is 8.42 Å². The van der Waals surface area contributed by atoms with Crippen LogP contribution in [0, 0.1) is 0 Å². The molecule has 0 atom stereocenters. The first-order chi connectivity index (χ1) is 12.8. The number of carbonyl (C=O) groups excluding carboxylic acids is 2. The summed E-state index contributed by atoms with van der Waals surface area (Å²) < 4.78 is 29.5. The highest BCUT2D eigenvalue weighted by Crippen LogP contribution is 2.15. The average molecular weight is 412 g/mol. The van der Waals surface area contributed by atoms with E-state index < -0.39 is 28.4 Å². The zero-order valence-corrected chi connectivity index (χ0v) is 15.9. The Morgan fingerprint density at radius 3 is 2.44 bits per heavy atom. The molecule has 2 aromatic carbocycles. The summed E-state index contributed by atoms with van der Waals surface area (Å²) in [7, 11) is -3.95. The normalized spacial score (nSPS) is 10.9. The lowest BCUT2D eigenvalue weighted by atomic mass is 10.2. The number of hydrazine groups is 1. The molecule has 0 fully saturated rings. The summed E-state index contributed by atoms with van der Waals surface area (Å²) in [4.78, 5) is 25.6. The molecule has 0 radical (unpaired) electrons. The van der Waals surface area contributed by atoms with E-state index in [1.54, 1.807) is 12.1 Å². The summed E-state index contributed by atoms with van der Waals surface area (Å²) in [6.45, 7) is 1.85. The molecule has 0 aliphatic carbocycles. The molecule has 0 saturated heterocycles. The summed E-state index contributed by atoms with van der Waals surface area (Å²) in [5.41, 5.74) is 2.31. The maximum atomic E-state index is 12.1. The van der Waals surface area contributed by atoms with Gasteiger partial charge in [-0.3, -0.25) is 15.0 Å². The van der Waals surface area contributed by atoms with Crippen molar-refractivity contribution in [1.29, 1.82) is 0 Å². The van der Waals surface area contributed by atoms with Gasteiger partial charge in [-0.05, 0) is 49.4 Å². The average Bonchev–Trinajstić information content (AvgIpc) is 2.65. The minimum Gasteiger partial charge on any atom is -0.494 e. The summed E-state index contributed by atoms with van der Waals surface area (Å²) in [5.74, 6) is -0.717. The molecular formula is C17H18ClN3O5S. The predicted octanol–water partition coefficient (Wildman–Crippen LogP) is 1.48. The number of rotatable bonds is 8. The first-order valence-electron chi connectivity index (χ1n) is 7.89. The fourth-order valence-corrected chi connectivity index (χ4v) is 3.05. The van der Waals surface area contributed by atoms with Gasteiger partial charge < -0.3 is 10.1 Å². The van der Waals surface area contributed by atoms with E-state index in [1.165, 1.54) is 36.4 Å². The van der Waals surface area contributed by atoms with Crippen LogP contribution < -0.4 is 20.3 Å². The second-order valence-corrected chi connectivity index (χ2v) is 7.37. The molecule has 0 aliphatic heterocycles. The van der Waals surface area contributed by atoms with Gasteiger partial charge in [0.05, 0.1) is 18.0 Å². The SMILES string of the molecule is CCOc1ccc(S(=O)(=O)NNC(=O)CNC(=O)c2cccc(Cl)c2)cc1. The second-order valence-electron chi connectivity index (χ2n) is 5.25. The lowest BCUT2D eigenvalue weighted by Crippen LogP contribution is -2.46. The van der Waals surface area contributed by atoms with Crippen molar-refractivity contribution in [2.24, 2.45) is 0 Å². The highest BCUT2D eigenvalue weighted by molar-refractivity contribution is 7.89. The van der Waals surface area contributed by atoms with Gasteiger partial charge in [-0.1, -0.05) is 17.7 Å². The quantitative estimate of drug-likeness (QED) is 0.569. The first kappa shape index (κ1) is 20.7. The zero-order chi connectivity index (χ0) is 19.9. The van der Waals surface area contributed by atoms with Crippen LogP contribution in [0.5, 0.6) is 5.75 Å². The molecule has 0 heterocycles. The van der Waals surface area contributed by atoms with Gasteiger partial charge in [0.25, 0.3) is 21.8 Å². The third-order valence-corrected chi connectivity index (χ3v) is 4.76. The minimum atomic E-state index is -3.95. The van der Waals surface area contributed by atoms with Gasteiger partial charge in [-0.2, -0.15) is 0 Å². The molecule has 3 N–H and O–H groups in total. The van der Waals surface area contributed by atoms with Crippen LogP contribution in [-0.2, 0) is 14.8 Å². The summed E-state index contributed by atoms with van der Waals surface area (Å²) in [6.07, 6.45) is 0. The highest BCUT2D eigenvalue weighted by Gasteiger charge is 2.15. The van der Waals surface area contributed by atoms with Crippen LogP contribution in [-0.4, -0.2) is 33.4 Å². The fraction of sp³-hybridized carbons (Fsp3) is 0.176. The molecular weight excluding hydrogens is 394 g/mol. The van der Waals surface area contributed by atoms with E-state index in [0.717, 1.165) is 0 Å². The molecule has 0 unspecified atom stereocenters. The van der Waals surface area contributed by atoms with Crippen LogP contribution in [0.3, 0.4) is 0 Å². The Bertz CT molecular complexity index is 916. The van der Waals surface area contributed by atoms with Crippen molar-refractivity contribution < 1.29 is 22.7 Å². The summed E-state index contributed by atoms with van der Waals surface area (Å²) in [6, 6.07) is 11.9. The monoisotopic (exact) mass is 411 g/mol. The first-order valence-corrected chi connectivity index (χ1v) is 9.75. The number of benzene rings is 2. The standard InChI is InChI=1S/C17H18ClN3O5S/c1-2-26-14-6-8-15(9-7-14)27(24,25)21-20-16(22)11-19-17(23)12-4-3-5-13(18)10-12/h3-10,21H,2,11H2,1H3,(H,19,23)(H,20,22). The van der Waals surface area contributed by atoms with Crippen LogP contribution >= 0.6 is 11.6 Å². The zero-order valence-electron chi connectivity index (χ0n) is 14.4. The van der Waals surface area contributed by atoms with E-state index in [4.69, 9.17) is 16.3 Å². The van der Waals surface area contributed by atoms with Crippen LogP contribution in [0.2, 0.25) is 5.02 Å². The van der Waals surface area contributed by atoms with Gasteiger partial charge in [0, 0.05) is 10.6 Å². The minimum absolute atomic E-state index is 0.0470. The van der Waals surface area contributed by atoms with Crippen molar-refractivity contribution >= 4 is 33.4 Å². The third kappa shape index (κ3) is 6.24. The molecule has 2 aromatic rings. The van der Waals surface area contributed by atoms with Crippen LogP contribution in [0.15, 0.2) is 53.4 Å². The van der Waals surface area contributed by atoms with Crippen LogP contribution in [0.1, 0.15) is 17.3 Å². The topological polar surface area (TPSA) is 114 Å². The molecule has 0 spiro atoms. The van der Waals surface area contributed by atoms with Crippen molar-refractivity contribution in [2.45, 2.75) is 11.8 Å². The molecule has 0 aliphatic rings. The molecule has 0 saturated carbocycles. The Kier molecular flexibility index (Phi) is 7.17. The Labute approximate surface area is 161 Å². The molecule has 8 nitrogen and oxygen atoms in total. The third-order valence-electron chi connectivity index (χ3n) is 3.27.